The van der Waals surface area contributed by atoms with Crippen molar-refractivity contribution in [2.45, 2.75) is 27.7 Å². The van der Waals surface area contributed by atoms with Crippen molar-refractivity contribution in [3.8, 4) is 0 Å². The lowest BCUT2D eigenvalue weighted by molar-refractivity contribution is -0.116. The fourth-order valence-electron chi connectivity index (χ4n) is 1.78. The van der Waals surface area contributed by atoms with Crippen LogP contribution < -0.4 is 9.80 Å². The molecule has 0 spiro atoms. The number of hydrogen-bond acceptors (Lipinski definition) is 3. The second-order valence-electron chi connectivity index (χ2n) is 4.59. The van der Waals surface area contributed by atoms with Crippen LogP contribution in [0, 0.1) is 20.8 Å². The van der Waals surface area contributed by atoms with Crippen molar-refractivity contribution in [2.24, 2.45) is 0 Å². The standard InChI is InChI=1S/C13H21N3O/c1-8-9(2)12(16(7)11(4)17)13(15(5)6)14-10(8)3/h1-7H3. The van der Waals surface area contributed by atoms with Gasteiger partial charge in [-0.25, -0.2) is 4.98 Å². The van der Waals surface area contributed by atoms with Gasteiger partial charge < -0.3 is 9.80 Å². The fourth-order valence-corrected chi connectivity index (χ4v) is 1.78. The van der Waals surface area contributed by atoms with Crippen molar-refractivity contribution in [3.63, 3.8) is 0 Å². The maximum Gasteiger partial charge on any atom is 0.223 e. The molecule has 94 valence electrons. The molecule has 0 aromatic carbocycles. The minimum absolute atomic E-state index is 0.0150. The van der Waals surface area contributed by atoms with E-state index in [1.165, 1.54) is 0 Å². The smallest absolute Gasteiger partial charge is 0.223 e. The first-order valence-electron chi connectivity index (χ1n) is 5.66. The first-order valence-corrected chi connectivity index (χ1v) is 5.66. The summed E-state index contributed by atoms with van der Waals surface area (Å²) in [6, 6.07) is 0. The summed E-state index contributed by atoms with van der Waals surface area (Å²) in [4.78, 5) is 19.7. The quantitative estimate of drug-likeness (QED) is 0.787. The largest absolute Gasteiger partial charge is 0.361 e. The van der Waals surface area contributed by atoms with E-state index in [2.05, 4.69) is 4.98 Å². The second-order valence-corrected chi connectivity index (χ2v) is 4.59. The van der Waals surface area contributed by atoms with Crippen LogP contribution in [-0.4, -0.2) is 32.0 Å². The summed E-state index contributed by atoms with van der Waals surface area (Å²) >= 11 is 0. The first-order chi connectivity index (χ1) is 7.77. The minimum atomic E-state index is 0.0150. The van der Waals surface area contributed by atoms with Crippen LogP contribution in [0.3, 0.4) is 0 Å². The summed E-state index contributed by atoms with van der Waals surface area (Å²) in [5.41, 5.74) is 4.15. The third-order valence-electron chi connectivity index (χ3n) is 3.18. The van der Waals surface area contributed by atoms with Crippen LogP contribution in [0.5, 0.6) is 0 Å². The Kier molecular flexibility index (Phi) is 3.76. The van der Waals surface area contributed by atoms with E-state index in [9.17, 15) is 4.79 Å². The Morgan fingerprint density at radius 3 is 2.00 bits per heavy atom. The van der Waals surface area contributed by atoms with Gasteiger partial charge in [-0.3, -0.25) is 4.79 Å². The molecule has 0 atom stereocenters. The predicted molar refractivity (Wildman–Crippen MR) is 71.9 cm³/mol. The van der Waals surface area contributed by atoms with Gasteiger partial charge in [-0.1, -0.05) is 0 Å². The van der Waals surface area contributed by atoms with Gasteiger partial charge >= 0.3 is 0 Å². The van der Waals surface area contributed by atoms with Gasteiger partial charge in [0.25, 0.3) is 0 Å². The van der Waals surface area contributed by atoms with Crippen molar-refractivity contribution in [2.75, 3.05) is 30.9 Å². The summed E-state index contributed by atoms with van der Waals surface area (Å²) < 4.78 is 0. The van der Waals surface area contributed by atoms with E-state index in [-0.39, 0.29) is 5.91 Å². The lowest BCUT2D eigenvalue weighted by atomic mass is 10.1. The Morgan fingerprint density at radius 1 is 1.06 bits per heavy atom. The highest BCUT2D eigenvalue weighted by Crippen LogP contribution is 2.32. The normalized spacial score (nSPS) is 10.3. The van der Waals surface area contributed by atoms with Crippen LogP contribution in [0.2, 0.25) is 0 Å². The van der Waals surface area contributed by atoms with Crippen LogP contribution in [-0.2, 0) is 4.79 Å². The van der Waals surface area contributed by atoms with Crippen LogP contribution in [0.15, 0.2) is 0 Å². The Labute approximate surface area is 103 Å². The second kappa shape index (κ2) is 4.73. The molecule has 4 nitrogen and oxygen atoms in total. The van der Waals surface area contributed by atoms with Crippen LogP contribution in [0.1, 0.15) is 23.7 Å². The van der Waals surface area contributed by atoms with E-state index in [0.29, 0.717) is 0 Å². The van der Waals surface area contributed by atoms with Gasteiger partial charge in [0, 0.05) is 33.8 Å². The first kappa shape index (κ1) is 13.5. The zero-order valence-corrected chi connectivity index (χ0v) is 11.7. The Bertz CT molecular complexity index is 452. The molecule has 1 aromatic heterocycles. The maximum absolute atomic E-state index is 11.5. The number of amides is 1. The molecular weight excluding hydrogens is 214 g/mol. The maximum atomic E-state index is 11.5. The molecule has 1 rings (SSSR count). The fraction of sp³-hybridized carbons (Fsp3) is 0.538. The van der Waals surface area contributed by atoms with Crippen molar-refractivity contribution >= 4 is 17.4 Å². The van der Waals surface area contributed by atoms with Crippen molar-refractivity contribution in [1.82, 2.24) is 4.98 Å². The van der Waals surface area contributed by atoms with E-state index in [4.69, 9.17) is 0 Å². The highest BCUT2D eigenvalue weighted by Gasteiger charge is 2.19. The van der Waals surface area contributed by atoms with Crippen LogP contribution in [0.25, 0.3) is 0 Å². The molecule has 0 aliphatic rings. The Balaban J connectivity index is 3.55. The number of aromatic nitrogens is 1. The number of aryl methyl sites for hydroxylation is 1. The molecule has 0 bridgehead atoms. The molecular formula is C13H21N3O. The van der Waals surface area contributed by atoms with E-state index < -0.39 is 0 Å². The molecule has 0 saturated heterocycles. The lowest BCUT2D eigenvalue weighted by Crippen LogP contribution is -2.27. The number of rotatable bonds is 2. The number of carbonyl (C=O) groups is 1. The Morgan fingerprint density at radius 2 is 1.59 bits per heavy atom. The summed E-state index contributed by atoms with van der Waals surface area (Å²) in [6.45, 7) is 7.63. The van der Waals surface area contributed by atoms with Crippen molar-refractivity contribution in [3.05, 3.63) is 16.8 Å². The molecule has 0 saturated carbocycles. The molecule has 0 fully saturated rings. The molecule has 0 aliphatic carbocycles. The predicted octanol–water partition coefficient (Wildman–Crippen LogP) is 2.06. The molecule has 17 heavy (non-hydrogen) atoms. The van der Waals surface area contributed by atoms with E-state index >= 15 is 0 Å². The molecule has 0 unspecified atom stereocenters. The Hall–Kier alpha value is -1.58. The van der Waals surface area contributed by atoms with E-state index in [1.807, 2.05) is 39.8 Å². The molecule has 1 aromatic rings. The average molecular weight is 235 g/mol. The molecule has 0 aliphatic heterocycles. The number of nitrogens with zero attached hydrogens (tertiary/aromatic N) is 3. The molecule has 1 heterocycles. The number of anilines is 2. The van der Waals surface area contributed by atoms with Crippen molar-refractivity contribution in [1.29, 1.82) is 0 Å². The minimum Gasteiger partial charge on any atom is -0.361 e. The van der Waals surface area contributed by atoms with Gasteiger partial charge in [0.15, 0.2) is 5.82 Å². The van der Waals surface area contributed by atoms with Gasteiger partial charge in [-0.15, -0.1) is 0 Å². The molecule has 0 radical (unpaired) electrons. The zero-order chi connectivity index (χ0) is 13.3. The summed E-state index contributed by atoms with van der Waals surface area (Å²) in [5, 5.41) is 0. The molecule has 1 amide bonds. The lowest BCUT2D eigenvalue weighted by Gasteiger charge is -2.26. The summed E-state index contributed by atoms with van der Waals surface area (Å²) in [7, 11) is 5.66. The van der Waals surface area contributed by atoms with Crippen LogP contribution >= 0.6 is 0 Å². The SMILES string of the molecule is CC(=O)N(C)c1c(N(C)C)nc(C)c(C)c1C. The highest BCUT2D eigenvalue weighted by molar-refractivity contribution is 5.95. The van der Waals surface area contributed by atoms with E-state index in [0.717, 1.165) is 28.3 Å². The van der Waals surface area contributed by atoms with Crippen molar-refractivity contribution < 1.29 is 4.79 Å². The van der Waals surface area contributed by atoms with Gasteiger partial charge in [-0.2, -0.15) is 0 Å². The van der Waals surface area contributed by atoms with Gasteiger partial charge in [0.05, 0.1) is 5.69 Å². The third-order valence-corrected chi connectivity index (χ3v) is 3.18. The topological polar surface area (TPSA) is 36.4 Å². The number of pyridine rings is 1. The summed E-state index contributed by atoms with van der Waals surface area (Å²) in [6.07, 6.45) is 0. The monoisotopic (exact) mass is 235 g/mol. The molecule has 4 heteroatoms. The van der Waals surface area contributed by atoms with Crippen LogP contribution in [0.4, 0.5) is 11.5 Å². The highest BCUT2D eigenvalue weighted by atomic mass is 16.2. The average Bonchev–Trinajstić information content (AvgIpc) is 2.24. The molecule has 0 N–H and O–H groups in total. The third kappa shape index (κ3) is 2.40. The number of carbonyl (C=O) groups excluding carboxylic acids is 1. The van der Waals surface area contributed by atoms with Gasteiger partial charge in [0.1, 0.15) is 0 Å². The number of hydrogen-bond donors (Lipinski definition) is 0. The summed E-state index contributed by atoms with van der Waals surface area (Å²) in [5.74, 6) is 0.851. The van der Waals surface area contributed by atoms with Gasteiger partial charge in [0.2, 0.25) is 5.91 Å². The van der Waals surface area contributed by atoms with E-state index in [1.54, 1.807) is 18.9 Å². The zero-order valence-electron chi connectivity index (χ0n) is 11.7. The van der Waals surface area contributed by atoms with Gasteiger partial charge in [-0.05, 0) is 31.9 Å².